The van der Waals surface area contributed by atoms with Gasteiger partial charge in [0.15, 0.2) is 0 Å². The van der Waals surface area contributed by atoms with Crippen LogP contribution in [0.5, 0.6) is 0 Å². The van der Waals surface area contributed by atoms with E-state index in [1.807, 2.05) is 0 Å². The molecule has 0 amide bonds. The van der Waals surface area contributed by atoms with Crippen molar-refractivity contribution in [2.75, 3.05) is 9.80 Å². The highest BCUT2D eigenvalue weighted by Gasteiger charge is 2.26. The zero-order valence-electron chi connectivity index (χ0n) is 49.5. The van der Waals surface area contributed by atoms with Gasteiger partial charge in [-0.15, -0.1) is 0 Å². The van der Waals surface area contributed by atoms with Crippen LogP contribution in [0.15, 0.2) is 340 Å². The molecule has 0 saturated heterocycles. The molecule has 16 aromatic rings. The summed E-state index contributed by atoms with van der Waals surface area (Å²) in [5.74, 6) is 0. The largest absolute Gasteiger partial charge is 0.309 e. The molecule has 0 bridgehead atoms. The van der Waals surface area contributed by atoms with Crippen molar-refractivity contribution >= 4 is 123 Å². The number of hydrogen-bond donors (Lipinski definition) is 0. The average molecular weight is 1150 g/mol. The number of hydrogen-bond acceptors (Lipinski definition) is 2. The molecular weight excluding hydrogens is 1080 g/mol. The van der Waals surface area contributed by atoms with E-state index >= 15 is 0 Å². The van der Waals surface area contributed by atoms with Gasteiger partial charge in [-0.3, -0.25) is 0 Å². The molecule has 0 aliphatic rings. The van der Waals surface area contributed by atoms with E-state index in [1.54, 1.807) is 0 Å². The molecule has 0 aliphatic carbocycles. The summed E-state index contributed by atoms with van der Waals surface area (Å²) in [4.78, 5) is 4.92. The van der Waals surface area contributed by atoms with Gasteiger partial charge in [0.2, 0.25) is 0 Å². The van der Waals surface area contributed by atoms with Crippen molar-refractivity contribution in [3.05, 3.63) is 362 Å². The van der Waals surface area contributed by atoms with Crippen molar-refractivity contribution in [3.8, 4) is 33.4 Å². The molecule has 0 aromatic heterocycles. The second-order valence-electron chi connectivity index (χ2n) is 23.1. The SMILES string of the molecule is C(=C\c1ccc(N(c2ccccc2)c2c3ccccc3c(-c3cc(-c4c5ccccc5cc5ccccc45)cc(-c4c5ccccc5c(N(c5ccccc5)c5ccc(/C=C/c6ccccc6)cc5)c5ccccc45)c3)c3ccccc23)cc1)/c1ccccc1. The number of benzene rings is 16. The van der Waals surface area contributed by atoms with Crippen LogP contribution in [0.4, 0.5) is 34.1 Å². The first-order valence-electron chi connectivity index (χ1n) is 31.0. The predicted molar refractivity (Wildman–Crippen MR) is 388 cm³/mol. The fraction of sp³-hybridized carbons (Fsp3) is 0. The second kappa shape index (κ2) is 23.4. The quantitative estimate of drug-likeness (QED) is 0.0839. The third-order valence-corrected chi connectivity index (χ3v) is 17.7. The fourth-order valence-corrected chi connectivity index (χ4v) is 13.7. The van der Waals surface area contributed by atoms with Crippen molar-refractivity contribution in [1.82, 2.24) is 0 Å². The Morgan fingerprint density at radius 1 is 0.178 bits per heavy atom. The van der Waals surface area contributed by atoms with Crippen LogP contribution in [0, 0.1) is 0 Å². The van der Waals surface area contributed by atoms with Gasteiger partial charge in [-0.2, -0.15) is 0 Å². The van der Waals surface area contributed by atoms with Crippen LogP contribution >= 0.6 is 0 Å². The van der Waals surface area contributed by atoms with Crippen molar-refractivity contribution in [2.24, 2.45) is 0 Å². The first-order chi connectivity index (χ1) is 44.7. The van der Waals surface area contributed by atoms with E-state index in [1.165, 1.54) is 70.9 Å². The highest BCUT2D eigenvalue weighted by molar-refractivity contribution is 6.26. The molecule has 0 aliphatic heterocycles. The Labute approximate surface area is 525 Å². The Kier molecular flexibility index (Phi) is 14.0. The number of fused-ring (bicyclic) bond motifs is 6. The van der Waals surface area contributed by atoms with Gasteiger partial charge in [0.25, 0.3) is 0 Å². The molecule has 0 heterocycles. The molecule has 0 fully saturated rings. The maximum Gasteiger partial charge on any atom is 0.0618 e. The van der Waals surface area contributed by atoms with Crippen molar-refractivity contribution in [2.45, 2.75) is 0 Å². The monoisotopic (exact) mass is 1140 g/mol. The van der Waals surface area contributed by atoms with Gasteiger partial charge in [0.05, 0.1) is 11.4 Å². The molecule has 0 spiro atoms. The van der Waals surface area contributed by atoms with E-state index in [2.05, 4.69) is 374 Å². The second-order valence-corrected chi connectivity index (χ2v) is 23.1. The zero-order valence-corrected chi connectivity index (χ0v) is 49.5. The Hall–Kier alpha value is -11.8. The van der Waals surface area contributed by atoms with E-state index in [9.17, 15) is 0 Å². The average Bonchev–Trinajstić information content (AvgIpc) is 0.899. The lowest BCUT2D eigenvalue weighted by molar-refractivity contribution is 1.31. The molecule has 2 heteroatoms. The number of anilines is 6. The Bertz CT molecular complexity index is 4940. The van der Waals surface area contributed by atoms with Crippen LogP contribution in [-0.4, -0.2) is 0 Å². The van der Waals surface area contributed by atoms with Crippen LogP contribution in [-0.2, 0) is 0 Å². The van der Waals surface area contributed by atoms with Gasteiger partial charge >= 0.3 is 0 Å². The minimum Gasteiger partial charge on any atom is -0.309 e. The van der Waals surface area contributed by atoms with E-state index in [-0.39, 0.29) is 0 Å². The number of nitrogens with zero attached hydrogens (tertiary/aromatic N) is 2. The summed E-state index contributed by atoms with van der Waals surface area (Å²) in [5.41, 5.74) is 18.2. The van der Waals surface area contributed by atoms with Crippen LogP contribution in [0.2, 0.25) is 0 Å². The van der Waals surface area contributed by atoms with Gasteiger partial charge in [-0.05, 0) is 172 Å². The Balaban J connectivity index is 0.949. The summed E-state index contributed by atoms with van der Waals surface area (Å²) < 4.78 is 0. The van der Waals surface area contributed by atoms with Crippen LogP contribution in [0.3, 0.4) is 0 Å². The Morgan fingerprint density at radius 3 is 0.733 bits per heavy atom. The molecule has 2 nitrogen and oxygen atoms in total. The summed E-state index contributed by atoms with van der Waals surface area (Å²) in [6.07, 6.45) is 8.75. The minimum absolute atomic E-state index is 1.08. The first kappa shape index (κ1) is 53.6. The normalized spacial score (nSPS) is 11.7. The molecule has 0 radical (unpaired) electrons. The molecule has 16 aromatic carbocycles. The molecule has 0 unspecified atom stereocenters. The van der Waals surface area contributed by atoms with E-state index in [0.717, 1.165) is 83.5 Å². The Morgan fingerprint density at radius 2 is 0.411 bits per heavy atom. The smallest absolute Gasteiger partial charge is 0.0618 e. The minimum atomic E-state index is 1.08. The molecule has 0 saturated carbocycles. The van der Waals surface area contributed by atoms with Gasteiger partial charge in [0.1, 0.15) is 0 Å². The molecule has 90 heavy (non-hydrogen) atoms. The van der Waals surface area contributed by atoms with Crippen LogP contribution < -0.4 is 9.80 Å². The first-order valence-corrected chi connectivity index (χ1v) is 31.0. The van der Waals surface area contributed by atoms with Gasteiger partial charge in [-0.25, -0.2) is 0 Å². The lowest BCUT2D eigenvalue weighted by Gasteiger charge is -2.30. The molecule has 0 N–H and O–H groups in total. The summed E-state index contributed by atoms with van der Waals surface area (Å²) in [6, 6.07) is 125. The van der Waals surface area contributed by atoms with Gasteiger partial charge < -0.3 is 9.80 Å². The fourth-order valence-electron chi connectivity index (χ4n) is 13.7. The molecule has 16 rings (SSSR count). The highest BCUT2D eigenvalue weighted by atomic mass is 15.2. The zero-order chi connectivity index (χ0) is 59.7. The molecule has 422 valence electrons. The van der Waals surface area contributed by atoms with Crippen molar-refractivity contribution < 1.29 is 0 Å². The topological polar surface area (TPSA) is 6.48 Å². The van der Waals surface area contributed by atoms with E-state index < -0.39 is 0 Å². The molecule has 0 atom stereocenters. The van der Waals surface area contributed by atoms with Crippen LogP contribution in [0.25, 0.3) is 122 Å². The van der Waals surface area contributed by atoms with Crippen LogP contribution in [0.1, 0.15) is 22.3 Å². The summed E-state index contributed by atoms with van der Waals surface area (Å²) in [5, 5.41) is 14.2. The van der Waals surface area contributed by atoms with E-state index in [4.69, 9.17) is 0 Å². The maximum absolute atomic E-state index is 2.49. The molecular formula is C88H60N2. The maximum atomic E-state index is 2.49. The number of rotatable bonds is 13. The third-order valence-electron chi connectivity index (χ3n) is 17.7. The lowest BCUT2D eigenvalue weighted by Crippen LogP contribution is -2.11. The predicted octanol–water partition coefficient (Wildman–Crippen LogP) is 24.9. The highest BCUT2D eigenvalue weighted by Crippen LogP contribution is 2.53. The summed E-state index contributed by atoms with van der Waals surface area (Å²) in [7, 11) is 0. The van der Waals surface area contributed by atoms with Crippen molar-refractivity contribution in [1.29, 1.82) is 0 Å². The van der Waals surface area contributed by atoms with Gasteiger partial charge in [0, 0.05) is 44.3 Å². The summed E-state index contributed by atoms with van der Waals surface area (Å²) >= 11 is 0. The third kappa shape index (κ3) is 9.93. The van der Waals surface area contributed by atoms with E-state index in [0.29, 0.717) is 0 Å². The van der Waals surface area contributed by atoms with Crippen molar-refractivity contribution in [3.63, 3.8) is 0 Å². The standard InChI is InChI=1S/C88H60N2/c1-5-25-61(26-6-1)45-47-63-49-53-72(54-50-63)89(70-31-9-3-10-32-70)87-80-41-21-17-37-76(80)85(77-38-18-22-42-81(77)87)68-58-67(84-74-35-15-13-29-65(74)57-66-30-14-16-36-75(66)84)59-69(60-68)86-78-39-19-23-43-82(78)88(83-44-24-20-40-79(83)86)90(71-33-11-4-12-34-71)73-55-51-64(52-56-73)48-46-62-27-7-2-8-28-62/h1-60H/b47-45+,48-46+. The summed E-state index contributed by atoms with van der Waals surface area (Å²) in [6.45, 7) is 0. The van der Waals surface area contributed by atoms with Gasteiger partial charge in [-0.1, -0.05) is 291 Å². The lowest BCUT2D eigenvalue weighted by atomic mass is 9.83. The number of para-hydroxylation sites is 2.